The van der Waals surface area contributed by atoms with Gasteiger partial charge < -0.3 is 0 Å². The molecule has 2 aromatic carbocycles. The predicted molar refractivity (Wildman–Crippen MR) is 62.2 cm³/mol. The minimum absolute atomic E-state index is 0.877. The van der Waals surface area contributed by atoms with E-state index in [9.17, 15) is 0 Å². The Morgan fingerprint density at radius 3 is 2.40 bits per heavy atom. The summed E-state index contributed by atoms with van der Waals surface area (Å²) in [6.45, 7) is 0. The molecule has 0 aromatic heterocycles. The molecule has 76 valence electrons. The van der Waals surface area contributed by atoms with Crippen LogP contribution in [0.1, 0.15) is 0 Å². The van der Waals surface area contributed by atoms with Gasteiger partial charge in [-0.15, -0.1) is 5.11 Å². The first-order chi connectivity index (χ1) is 7.25. The number of fused-ring (bicyclic) bond motifs is 1. The molecule has 0 atom stereocenters. The predicted octanol–water partition coefficient (Wildman–Crippen LogP) is 3.40. The van der Waals surface area contributed by atoms with Gasteiger partial charge in [0.15, 0.2) is 0 Å². The summed E-state index contributed by atoms with van der Waals surface area (Å²) in [5, 5.41) is 12.2. The van der Waals surface area contributed by atoms with E-state index in [1.807, 2.05) is 38.4 Å². The second kappa shape index (κ2) is 4.09. The van der Waals surface area contributed by atoms with E-state index in [-0.39, 0.29) is 0 Å². The highest BCUT2D eigenvalue weighted by Crippen LogP contribution is 2.21. The Morgan fingerprint density at radius 2 is 1.67 bits per heavy atom. The SMILES string of the molecule is CN(C)N=Nc1ccc2ccccc2c1. The fourth-order valence-corrected chi connectivity index (χ4v) is 1.38. The second-order valence-corrected chi connectivity index (χ2v) is 3.57. The summed E-state index contributed by atoms with van der Waals surface area (Å²) in [5.41, 5.74) is 0.877. The molecule has 0 heterocycles. The molecular weight excluding hydrogens is 186 g/mol. The first kappa shape index (κ1) is 9.65. The van der Waals surface area contributed by atoms with Crippen LogP contribution >= 0.6 is 0 Å². The summed E-state index contributed by atoms with van der Waals surface area (Å²) in [6, 6.07) is 14.3. The summed E-state index contributed by atoms with van der Waals surface area (Å²) >= 11 is 0. The molecule has 0 bridgehead atoms. The van der Waals surface area contributed by atoms with Crippen molar-refractivity contribution in [3.05, 3.63) is 42.5 Å². The lowest BCUT2D eigenvalue weighted by Gasteiger charge is -2.01. The van der Waals surface area contributed by atoms with E-state index in [4.69, 9.17) is 0 Å². The Labute approximate surface area is 89.0 Å². The minimum Gasteiger partial charge on any atom is -0.285 e. The molecule has 0 saturated heterocycles. The maximum Gasteiger partial charge on any atom is 0.0880 e. The monoisotopic (exact) mass is 199 g/mol. The van der Waals surface area contributed by atoms with Crippen LogP contribution in [-0.4, -0.2) is 19.1 Å². The van der Waals surface area contributed by atoms with E-state index in [1.54, 1.807) is 5.01 Å². The van der Waals surface area contributed by atoms with Gasteiger partial charge in [0.1, 0.15) is 0 Å². The minimum atomic E-state index is 0.877. The molecular formula is C12H13N3. The van der Waals surface area contributed by atoms with Crippen LogP contribution in [0.15, 0.2) is 52.8 Å². The van der Waals surface area contributed by atoms with Crippen molar-refractivity contribution in [1.82, 2.24) is 5.01 Å². The Morgan fingerprint density at radius 1 is 0.933 bits per heavy atom. The third-order valence-electron chi connectivity index (χ3n) is 2.07. The molecule has 15 heavy (non-hydrogen) atoms. The fourth-order valence-electron chi connectivity index (χ4n) is 1.38. The van der Waals surface area contributed by atoms with Crippen LogP contribution < -0.4 is 0 Å². The average molecular weight is 199 g/mol. The van der Waals surface area contributed by atoms with Gasteiger partial charge in [-0.1, -0.05) is 35.6 Å². The summed E-state index contributed by atoms with van der Waals surface area (Å²) in [6.07, 6.45) is 0. The van der Waals surface area contributed by atoms with Gasteiger partial charge in [0, 0.05) is 14.1 Å². The van der Waals surface area contributed by atoms with Crippen molar-refractivity contribution >= 4 is 16.5 Å². The molecule has 0 radical (unpaired) electrons. The smallest absolute Gasteiger partial charge is 0.0880 e. The van der Waals surface area contributed by atoms with Crippen LogP contribution in [0.3, 0.4) is 0 Å². The van der Waals surface area contributed by atoms with Crippen molar-refractivity contribution in [3.63, 3.8) is 0 Å². The topological polar surface area (TPSA) is 28.0 Å². The second-order valence-electron chi connectivity index (χ2n) is 3.57. The summed E-state index contributed by atoms with van der Waals surface area (Å²) in [5.74, 6) is 0. The van der Waals surface area contributed by atoms with Crippen molar-refractivity contribution in [2.24, 2.45) is 10.3 Å². The van der Waals surface area contributed by atoms with E-state index >= 15 is 0 Å². The highest BCUT2D eigenvalue weighted by atomic mass is 15.5. The van der Waals surface area contributed by atoms with Gasteiger partial charge in [-0.05, 0) is 22.9 Å². The first-order valence-corrected chi connectivity index (χ1v) is 4.83. The van der Waals surface area contributed by atoms with Gasteiger partial charge in [-0.25, -0.2) is 0 Å². The molecule has 0 fully saturated rings. The lowest BCUT2D eigenvalue weighted by atomic mass is 10.1. The van der Waals surface area contributed by atoms with Gasteiger partial charge >= 0.3 is 0 Å². The van der Waals surface area contributed by atoms with Crippen LogP contribution in [-0.2, 0) is 0 Å². The van der Waals surface area contributed by atoms with Crippen molar-refractivity contribution < 1.29 is 0 Å². The van der Waals surface area contributed by atoms with Gasteiger partial charge in [0.2, 0.25) is 0 Å². The fraction of sp³-hybridized carbons (Fsp3) is 0.167. The van der Waals surface area contributed by atoms with Crippen LogP contribution in [0.4, 0.5) is 5.69 Å². The maximum absolute atomic E-state index is 4.11. The van der Waals surface area contributed by atoms with Gasteiger partial charge in [0.25, 0.3) is 0 Å². The molecule has 0 saturated carbocycles. The van der Waals surface area contributed by atoms with Crippen LogP contribution in [0.2, 0.25) is 0 Å². The van der Waals surface area contributed by atoms with Crippen molar-refractivity contribution in [2.45, 2.75) is 0 Å². The van der Waals surface area contributed by atoms with Gasteiger partial charge in [0.05, 0.1) is 5.69 Å². The Kier molecular flexibility index (Phi) is 2.63. The zero-order valence-electron chi connectivity index (χ0n) is 8.88. The summed E-state index contributed by atoms with van der Waals surface area (Å²) < 4.78 is 0. The summed E-state index contributed by atoms with van der Waals surface area (Å²) in [7, 11) is 3.70. The van der Waals surface area contributed by atoms with E-state index in [1.165, 1.54) is 10.8 Å². The highest BCUT2D eigenvalue weighted by Gasteiger charge is 1.94. The standard InChI is InChI=1S/C12H13N3/c1-15(2)14-13-12-8-7-10-5-3-4-6-11(10)9-12/h3-9H,1-2H3. The molecule has 0 aliphatic rings. The molecule has 0 aliphatic carbocycles. The largest absolute Gasteiger partial charge is 0.285 e. The van der Waals surface area contributed by atoms with Crippen LogP contribution in [0, 0.1) is 0 Å². The zero-order chi connectivity index (χ0) is 10.7. The van der Waals surface area contributed by atoms with Crippen molar-refractivity contribution in [2.75, 3.05) is 14.1 Å². The average Bonchev–Trinajstić information content (AvgIpc) is 2.26. The lowest BCUT2D eigenvalue weighted by molar-refractivity contribution is 0.408. The molecule has 2 aromatic rings. The third kappa shape index (κ3) is 2.31. The first-order valence-electron chi connectivity index (χ1n) is 4.83. The number of benzene rings is 2. The number of nitrogens with zero attached hydrogens (tertiary/aromatic N) is 3. The molecule has 0 amide bonds. The molecule has 2 rings (SSSR count). The third-order valence-corrected chi connectivity index (χ3v) is 2.07. The molecule has 0 unspecified atom stereocenters. The molecule has 3 nitrogen and oxygen atoms in total. The van der Waals surface area contributed by atoms with E-state index < -0.39 is 0 Å². The highest BCUT2D eigenvalue weighted by molar-refractivity contribution is 5.84. The van der Waals surface area contributed by atoms with Crippen LogP contribution in [0.5, 0.6) is 0 Å². The van der Waals surface area contributed by atoms with Crippen LogP contribution in [0.25, 0.3) is 10.8 Å². The number of rotatable bonds is 2. The van der Waals surface area contributed by atoms with E-state index in [0.717, 1.165) is 5.69 Å². The Bertz CT molecular complexity index is 489. The van der Waals surface area contributed by atoms with Crippen molar-refractivity contribution in [1.29, 1.82) is 0 Å². The quantitative estimate of drug-likeness (QED) is 0.538. The van der Waals surface area contributed by atoms with E-state index in [0.29, 0.717) is 0 Å². The lowest BCUT2D eigenvalue weighted by Crippen LogP contribution is -1.98. The summed E-state index contributed by atoms with van der Waals surface area (Å²) in [4.78, 5) is 0. The van der Waals surface area contributed by atoms with Gasteiger partial charge in [-0.2, -0.15) is 0 Å². The van der Waals surface area contributed by atoms with Gasteiger partial charge in [-0.3, -0.25) is 5.01 Å². The normalized spacial score (nSPS) is 11.1. The number of hydrogen-bond acceptors (Lipinski definition) is 2. The Hall–Kier alpha value is -1.90. The van der Waals surface area contributed by atoms with E-state index in [2.05, 4.69) is 28.5 Å². The molecule has 0 aliphatic heterocycles. The number of hydrogen-bond donors (Lipinski definition) is 0. The zero-order valence-corrected chi connectivity index (χ0v) is 8.88. The maximum atomic E-state index is 4.11. The molecule has 0 N–H and O–H groups in total. The molecule has 0 spiro atoms. The molecule has 3 heteroatoms. The Balaban J connectivity index is 2.39. The van der Waals surface area contributed by atoms with Crippen molar-refractivity contribution in [3.8, 4) is 0 Å².